The number of benzene rings is 1. The zero-order valence-electron chi connectivity index (χ0n) is 8.35. The molecule has 0 saturated heterocycles. The molecule has 0 saturated carbocycles. The molecule has 0 aromatic heterocycles. The van der Waals surface area contributed by atoms with Gasteiger partial charge in [-0.05, 0) is 24.1 Å². The lowest BCUT2D eigenvalue weighted by Crippen LogP contribution is -2.10. The van der Waals surface area contributed by atoms with Crippen LogP contribution in [0.3, 0.4) is 0 Å². The van der Waals surface area contributed by atoms with Gasteiger partial charge in [0.2, 0.25) is 0 Å². The molecule has 0 radical (unpaired) electrons. The quantitative estimate of drug-likeness (QED) is 0.693. The van der Waals surface area contributed by atoms with Crippen molar-refractivity contribution in [1.29, 1.82) is 0 Å². The van der Waals surface area contributed by atoms with Crippen molar-refractivity contribution in [3.05, 3.63) is 42.1 Å². The predicted molar refractivity (Wildman–Crippen MR) is 60.5 cm³/mol. The number of hydrogen-bond donors (Lipinski definition) is 0. The number of nitrogens with zero attached hydrogens (tertiary/aromatic N) is 2. The summed E-state index contributed by atoms with van der Waals surface area (Å²) in [5, 5.41) is 6.17. The molecule has 1 aliphatic rings. The van der Waals surface area contributed by atoms with Crippen molar-refractivity contribution in [3.8, 4) is 0 Å². The highest BCUT2D eigenvalue weighted by Crippen LogP contribution is 2.17. The van der Waals surface area contributed by atoms with Crippen molar-refractivity contribution in [2.75, 3.05) is 5.01 Å². The molecule has 2 nitrogen and oxygen atoms in total. The van der Waals surface area contributed by atoms with Crippen molar-refractivity contribution in [3.63, 3.8) is 0 Å². The van der Waals surface area contributed by atoms with Crippen molar-refractivity contribution < 1.29 is 0 Å². The molecule has 0 spiro atoms. The molecule has 0 aliphatic carbocycles. The molecular weight excluding hydrogens is 172 g/mol. The second kappa shape index (κ2) is 4.09. The number of aryl methyl sites for hydroxylation is 1. The smallest absolute Gasteiger partial charge is 0.0645 e. The van der Waals surface area contributed by atoms with Crippen LogP contribution < -0.4 is 5.01 Å². The number of hydrogen-bond acceptors (Lipinski definition) is 2. The fourth-order valence-corrected chi connectivity index (χ4v) is 1.43. The highest BCUT2D eigenvalue weighted by atomic mass is 15.4. The number of rotatable bonds is 2. The Hall–Kier alpha value is -1.57. The van der Waals surface area contributed by atoms with Gasteiger partial charge in [0.1, 0.15) is 0 Å². The van der Waals surface area contributed by atoms with E-state index in [2.05, 4.69) is 42.4 Å². The minimum absolute atomic E-state index is 0.934. The van der Waals surface area contributed by atoms with Gasteiger partial charge in [-0.1, -0.05) is 25.1 Å². The van der Waals surface area contributed by atoms with Crippen LogP contribution >= 0.6 is 0 Å². The van der Waals surface area contributed by atoms with Crippen LogP contribution in [-0.4, -0.2) is 6.21 Å². The molecule has 0 N–H and O–H groups in total. The maximum Gasteiger partial charge on any atom is 0.0645 e. The second-order valence-corrected chi connectivity index (χ2v) is 3.28. The largest absolute Gasteiger partial charge is 0.242 e. The Bertz CT molecular complexity index is 337. The lowest BCUT2D eigenvalue weighted by molar-refractivity contribution is 1.04. The minimum atomic E-state index is 0.934. The van der Waals surface area contributed by atoms with E-state index in [0.29, 0.717) is 0 Å². The topological polar surface area (TPSA) is 15.6 Å². The molecule has 72 valence electrons. The molecule has 1 aromatic carbocycles. The Balaban J connectivity index is 2.19. The first-order valence-corrected chi connectivity index (χ1v) is 4.97. The molecule has 0 bridgehead atoms. The second-order valence-electron chi connectivity index (χ2n) is 3.28. The molecular formula is C12H14N2. The average Bonchev–Trinajstić information content (AvgIpc) is 2.30. The van der Waals surface area contributed by atoms with Crippen LogP contribution in [0, 0.1) is 0 Å². The van der Waals surface area contributed by atoms with E-state index in [1.165, 1.54) is 5.56 Å². The Morgan fingerprint density at radius 2 is 2.07 bits per heavy atom. The summed E-state index contributed by atoms with van der Waals surface area (Å²) >= 11 is 0. The zero-order valence-corrected chi connectivity index (χ0v) is 8.35. The normalized spacial score (nSPS) is 14.8. The van der Waals surface area contributed by atoms with Gasteiger partial charge in [-0.15, -0.1) is 0 Å². The Morgan fingerprint density at radius 1 is 1.29 bits per heavy atom. The fraction of sp³-hybridized carbons (Fsp3) is 0.250. The highest BCUT2D eigenvalue weighted by Gasteiger charge is 2.01. The summed E-state index contributed by atoms with van der Waals surface area (Å²) in [6, 6.07) is 8.50. The maximum absolute atomic E-state index is 4.28. The summed E-state index contributed by atoms with van der Waals surface area (Å²) in [4.78, 5) is 0. The molecule has 0 unspecified atom stereocenters. The summed E-state index contributed by atoms with van der Waals surface area (Å²) in [5.74, 6) is 0. The Kier molecular flexibility index (Phi) is 2.63. The molecule has 14 heavy (non-hydrogen) atoms. The van der Waals surface area contributed by atoms with Crippen LogP contribution in [-0.2, 0) is 6.42 Å². The first kappa shape index (κ1) is 9.00. The Morgan fingerprint density at radius 3 is 2.64 bits per heavy atom. The number of hydrazone groups is 1. The van der Waals surface area contributed by atoms with Gasteiger partial charge in [0.25, 0.3) is 0 Å². The van der Waals surface area contributed by atoms with Crippen LogP contribution in [0.25, 0.3) is 0 Å². The predicted octanol–water partition coefficient (Wildman–Crippen LogP) is 2.96. The van der Waals surface area contributed by atoms with E-state index in [1.54, 1.807) is 0 Å². The van der Waals surface area contributed by atoms with Gasteiger partial charge >= 0.3 is 0 Å². The lowest BCUT2D eigenvalue weighted by Gasteiger charge is -2.16. The van der Waals surface area contributed by atoms with Gasteiger partial charge in [-0.25, -0.2) is 5.01 Å². The fourth-order valence-electron chi connectivity index (χ4n) is 1.43. The van der Waals surface area contributed by atoms with Gasteiger partial charge in [-0.3, -0.25) is 0 Å². The monoisotopic (exact) mass is 186 g/mol. The number of anilines is 1. The van der Waals surface area contributed by atoms with Gasteiger partial charge in [0.05, 0.1) is 5.69 Å². The van der Waals surface area contributed by atoms with E-state index in [-0.39, 0.29) is 0 Å². The minimum Gasteiger partial charge on any atom is -0.242 e. The average molecular weight is 186 g/mol. The highest BCUT2D eigenvalue weighted by molar-refractivity contribution is 5.65. The molecule has 2 rings (SSSR count). The summed E-state index contributed by atoms with van der Waals surface area (Å²) < 4.78 is 0. The molecule has 0 atom stereocenters. The first-order chi connectivity index (χ1) is 6.90. The molecule has 0 amide bonds. The zero-order chi connectivity index (χ0) is 9.80. The van der Waals surface area contributed by atoms with E-state index in [1.807, 2.05) is 17.4 Å². The van der Waals surface area contributed by atoms with E-state index in [9.17, 15) is 0 Å². The van der Waals surface area contributed by atoms with Crippen molar-refractivity contribution >= 4 is 11.9 Å². The van der Waals surface area contributed by atoms with E-state index < -0.39 is 0 Å². The molecule has 1 aromatic rings. The molecule has 1 aliphatic heterocycles. The van der Waals surface area contributed by atoms with Crippen molar-refractivity contribution in [2.45, 2.75) is 19.8 Å². The van der Waals surface area contributed by atoms with E-state index >= 15 is 0 Å². The number of allylic oxidation sites excluding steroid dienone is 1. The van der Waals surface area contributed by atoms with Crippen LogP contribution in [0.1, 0.15) is 18.9 Å². The standard InChI is InChI=1S/C12H14N2/c1-2-11-5-7-12(8-6-11)14-10-4-3-9-13-14/h4-10H,2-3H2,1H3. The third kappa shape index (κ3) is 1.84. The third-order valence-electron chi connectivity index (χ3n) is 2.30. The maximum atomic E-state index is 4.28. The van der Waals surface area contributed by atoms with E-state index in [0.717, 1.165) is 18.5 Å². The molecule has 2 heteroatoms. The summed E-state index contributed by atoms with van der Waals surface area (Å²) in [6.45, 7) is 2.16. The van der Waals surface area contributed by atoms with Crippen LogP contribution in [0.5, 0.6) is 0 Å². The lowest BCUT2D eigenvalue weighted by atomic mass is 10.1. The summed E-state index contributed by atoms with van der Waals surface area (Å²) in [6.07, 6.45) is 8.03. The van der Waals surface area contributed by atoms with Crippen LogP contribution in [0.4, 0.5) is 5.69 Å². The molecule has 0 fully saturated rings. The third-order valence-corrected chi connectivity index (χ3v) is 2.30. The SMILES string of the molecule is CCc1ccc(N2C=CCC=N2)cc1. The van der Waals surface area contributed by atoms with Crippen LogP contribution in [0.2, 0.25) is 0 Å². The van der Waals surface area contributed by atoms with Gasteiger partial charge < -0.3 is 0 Å². The van der Waals surface area contributed by atoms with Gasteiger partial charge in [0, 0.05) is 18.8 Å². The van der Waals surface area contributed by atoms with E-state index in [4.69, 9.17) is 0 Å². The summed E-state index contributed by atoms with van der Waals surface area (Å²) in [7, 11) is 0. The Labute approximate surface area is 84.6 Å². The first-order valence-electron chi connectivity index (χ1n) is 4.97. The summed E-state index contributed by atoms with van der Waals surface area (Å²) in [5.41, 5.74) is 2.48. The van der Waals surface area contributed by atoms with Crippen molar-refractivity contribution in [2.24, 2.45) is 5.10 Å². The van der Waals surface area contributed by atoms with Crippen LogP contribution in [0.15, 0.2) is 41.6 Å². The van der Waals surface area contributed by atoms with Crippen molar-refractivity contribution in [1.82, 2.24) is 0 Å². The van der Waals surface area contributed by atoms with Gasteiger partial charge in [0.15, 0.2) is 0 Å². The van der Waals surface area contributed by atoms with Gasteiger partial charge in [-0.2, -0.15) is 5.10 Å². The molecule has 1 heterocycles.